The lowest BCUT2D eigenvalue weighted by atomic mass is 10.1. The van der Waals surface area contributed by atoms with E-state index in [2.05, 4.69) is 5.32 Å². The van der Waals surface area contributed by atoms with E-state index < -0.39 is 27.4 Å². The Morgan fingerprint density at radius 3 is 2.52 bits per heavy atom. The summed E-state index contributed by atoms with van der Waals surface area (Å²) in [5, 5.41) is 2.35. The second kappa shape index (κ2) is 6.45. The maximum Gasteiger partial charge on any atom is 0.316 e. The Morgan fingerprint density at radius 1 is 1.20 bits per heavy atom. The van der Waals surface area contributed by atoms with Crippen molar-refractivity contribution in [2.45, 2.75) is 23.7 Å². The third kappa shape index (κ3) is 3.64. The maximum absolute atomic E-state index is 14.6. The monoisotopic (exact) mass is 363 g/mol. The van der Waals surface area contributed by atoms with E-state index in [9.17, 15) is 17.6 Å². The fourth-order valence-corrected chi connectivity index (χ4v) is 4.28. The first-order valence-electron chi connectivity index (χ1n) is 7.63. The molecular weight excluding hydrogens is 345 g/mol. The normalized spacial score (nSPS) is 14.3. The second-order valence-corrected chi connectivity index (χ2v) is 8.11. The molecule has 1 aliphatic heterocycles. The number of carbonyl (C=O) groups excluding carboxylic acids is 1. The minimum atomic E-state index is -3.71. The highest BCUT2D eigenvalue weighted by molar-refractivity contribution is 7.90. The highest BCUT2D eigenvalue weighted by atomic mass is 32.2. The highest BCUT2D eigenvalue weighted by Crippen LogP contribution is 2.28. The van der Waals surface area contributed by atoms with Crippen LogP contribution in [0.5, 0.6) is 0 Å². The average molecular weight is 363 g/mol. The number of amides is 2. The Labute approximate surface area is 145 Å². The van der Waals surface area contributed by atoms with Gasteiger partial charge in [0.2, 0.25) is 0 Å². The molecule has 6 nitrogen and oxygen atoms in total. The van der Waals surface area contributed by atoms with E-state index in [0.717, 1.165) is 5.56 Å². The molecule has 1 heterocycles. The van der Waals surface area contributed by atoms with E-state index >= 15 is 0 Å². The molecule has 2 amide bonds. The van der Waals surface area contributed by atoms with Crippen LogP contribution in [0.4, 0.5) is 14.9 Å². The molecule has 0 bridgehead atoms. The topological polar surface area (TPSA) is 92.5 Å². The molecule has 2 aromatic rings. The van der Waals surface area contributed by atoms with Crippen LogP contribution in [-0.4, -0.2) is 26.4 Å². The molecule has 0 aromatic heterocycles. The van der Waals surface area contributed by atoms with Gasteiger partial charge in [0.25, 0.3) is 0 Å². The van der Waals surface area contributed by atoms with Gasteiger partial charge in [-0.25, -0.2) is 17.6 Å². The number of nitrogens with one attached hydrogen (secondary N) is 1. The fraction of sp³-hybridized carbons (Fsp3) is 0.235. The number of hydrogen-bond acceptors (Lipinski definition) is 4. The van der Waals surface area contributed by atoms with Crippen LogP contribution in [0.3, 0.4) is 0 Å². The number of rotatable bonds is 4. The van der Waals surface area contributed by atoms with Gasteiger partial charge in [-0.3, -0.25) is 4.90 Å². The van der Waals surface area contributed by atoms with Gasteiger partial charge >= 0.3 is 6.03 Å². The standard InChI is InChI=1S/C17H18FN3O3S/c1-21-8-11-2-3-12(16(18)15(11)9-21)10-25(23,24)14-6-4-13(5-7-14)20-17(19)22/h2-7H,8-10H2,1H3,(H3,19,20,22). The minimum absolute atomic E-state index is 0.0551. The Morgan fingerprint density at radius 2 is 1.88 bits per heavy atom. The number of hydrogen-bond donors (Lipinski definition) is 2. The van der Waals surface area contributed by atoms with Crippen LogP contribution in [0.15, 0.2) is 41.3 Å². The predicted molar refractivity (Wildman–Crippen MR) is 92.1 cm³/mol. The molecule has 0 saturated heterocycles. The molecule has 0 unspecified atom stereocenters. The first-order valence-corrected chi connectivity index (χ1v) is 9.28. The molecule has 0 atom stereocenters. The molecule has 0 saturated carbocycles. The highest BCUT2D eigenvalue weighted by Gasteiger charge is 2.24. The van der Waals surface area contributed by atoms with Crippen molar-refractivity contribution >= 4 is 21.6 Å². The first-order chi connectivity index (χ1) is 11.8. The van der Waals surface area contributed by atoms with Crippen LogP contribution in [-0.2, 0) is 28.7 Å². The molecule has 2 aromatic carbocycles. The zero-order valence-corrected chi connectivity index (χ0v) is 14.4. The molecule has 132 valence electrons. The van der Waals surface area contributed by atoms with Gasteiger partial charge in [0, 0.05) is 29.9 Å². The van der Waals surface area contributed by atoms with E-state index in [-0.39, 0.29) is 10.5 Å². The number of nitrogens with zero attached hydrogens (tertiary/aromatic N) is 1. The van der Waals surface area contributed by atoms with Crippen molar-refractivity contribution in [2.24, 2.45) is 5.73 Å². The summed E-state index contributed by atoms with van der Waals surface area (Å²) >= 11 is 0. The van der Waals surface area contributed by atoms with Crippen molar-refractivity contribution in [3.63, 3.8) is 0 Å². The predicted octanol–water partition coefficient (Wildman–Crippen LogP) is 2.24. The third-order valence-electron chi connectivity index (χ3n) is 4.11. The van der Waals surface area contributed by atoms with Gasteiger partial charge in [-0.2, -0.15) is 0 Å². The van der Waals surface area contributed by atoms with Gasteiger partial charge in [0.05, 0.1) is 10.6 Å². The van der Waals surface area contributed by atoms with Gasteiger partial charge in [-0.1, -0.05) is 12.1 Å². The van der Waals surface area contributed by atoms with Crippen LogP contribution in [0.2, 0.25) is 0 Å². The van der Waals surface area contributed by atoms with E-state index in [1.54, 1.807) is 6.07 Å². The van der Waals surface area contributed by atoms with Crippen LogP contribution in [0.25, 0.3) is 0 Å². The Bertz CT molecular complexity index is 927. The quantitative estimate of drug-likeness (QED) is 0.871. The van der Waals surface area contributed by atoms with Gasteiger partial charge in [-0.05, 0) is 36.9 Å². The minimum Gasteiger partial charge on any atom is -0.351 e. The van der Waals surface area contributed by atoms with Crippen LogP contribution in [0.1, 0.15) is 16.7 Å². The Balaban J connectivity index is 1.85. The molecule has 8 heteroatoms. The lowest BCUT2D eigenvalue weighted by molar-refractivity contribution is 0.259. The number of anilines is 1. The van der Waals surface area contributed by atoms with Gasteiger partial charge in [0.1, 0.15) is 5.82 Å². The van der Waals surface area contributed by atoms with Gasteiger partial charge in [-0.15, -0.1) is 0 Å². The fourth-order valence-electron chi connectivity index (χ4n) is 2.93. The van der Waals surface area contributed by atoms with E-state index in [4.69, 9.17) is 5.73 Å². The van der Waals surface area contributed by atoms with E-state index in [0.29, 0.717) is 24.3 Å². The molecule has 0 fully saturated rings. The maximum atomic E-state index is 14.6. The summed E-state index contributed by atoms with van der Waals surface area (Å²) in [6.07, 6.45) is 0. The van der Waals surface area contributed by atoms with E-state index in [1.165, 1.54) is 30.3 Å². The number of carbonyl (C=O) groups is 1. The zero-order chi connectivity index (χ0) is 18.2. The van der Waals surface area contributed by atoms with Crippen molar-refractivity contribution in [3.8, 4) is 0 Å². The molecule has 3 N–H and O–H groups in total. The van der Waals surface area contributed by atoms with Gasteiger partial charge in [0.15, 0.2) is 9.84 Å². The SMILES string of the molecule is CN1Cc2ccc(CS(=O)(=O)c3ccc(NC(N)=O)cc3)c(F)c2C1. The molecule has 0 radical (unpaired) electrons. The largest absolute Gasteiger partial charge is 0.351 e. The lowest BCUT2D eigenvalue weighted by Crippen LogP contribution is -2.19. The zero-order valence-electron chi connectivity index (χ0n) is 13.6. The third-order valence-corrected chi connectivity index (χ3v) is 5.80. The van der Waals surface area contributed by atoms with Crippen molar-refractivity contribution in [2.75, 3.05) is 12.4 Å². The van der Waals surface area contributed by atoms with Crippen LogP contribution in [0, 0.1) is 5.82 Å². The summed E-state index contributed by atoms with van der Waals surface area (Å²) in [5.41, 5.74) is 7.01. The summed E-state index contributed by atoms with van der Waals surface area (Å²) in [6.45, 7) is 1.14. The van der Waals surface area contributed by atoms with E-state index in [1.807, 2.05) is 11.9 Å². The average Bonchev–Trinajstić information content (AvgIpc) is 2.91. The number of urea groups is 1. The van der Waals surface area contributed by atoms with Crippen molar-refractivity contribution < 1.29 is 17.6 Å². The summed E-state index contributed by atoms with van der Waals surface area (Å²) in [5.74, 6) is -0.865. The number of benzene rings is 2. The smallest absolute Gasteiger partial charge is 0.316 e. The number of sulfone groups is 1. The summed E-state index contributed by atoms with van der Waals surface area (Å²) in [6, 6.07) is 8.18. The summed E-state index contributed by atoms with van der Waals surface area (Å²) in [7, 11) is -1.82. The van der Waals surface area contributed by atoms with Crippen molar-refractivity contribution in [3.05, 3.63) is 58.9 Å². The summed E-state index contributed by atoms with van der Waals surface area (Å²) < 4.78 is 39.8. The lowest BCUT2D eigenvalue weighted by Gasteiger charge is -2.09. The Kier molecular flexibility index (Phi) is 4.49. The molecule has 0 aliphatic carbocycles. The molecule has 25 heavy (non-hydrogen) atoms. The Hall–Kier alpha value is -2.45. The van der Waals surface area contributed by atoms with Crippen LogP contribution < -0.4 is 11.1 Å². The first kappa shape index (κ1) is 17.4. The second-order valence-electron chi connectivity index (χ2n) is 6.12. The molecule has 1 aliphatic rings. The van der Waals surface area contributed by atoms with Crippen molar-refractivity contribution in [1.29, 1.82) is 0 Å². The number of primary amides is 1. The number of nitrogens with two attached hydrogens (primary N) is 1. The number of fused-ring (bicyclic) bond motifs is 1. The molecular formula is C17H18FN3O3S. The molecule has 3 rings (SSSR count). The van der Waals surface area contributed by atoms with Crippen molar-refractivity contribution in [1.82, 2.24) is 4.90 Å². The summed E-state index contributed by atoms with van der Waals surface area (Å²) in [4.78, 5) is 12.8. The van der Waals surface area contributed by atoms with Gasteiger partial charge < -0.3 is 11.1 Å². The molecule has 0 spiro atoms. The number of halogens is 1. The van der Waals surface area contributed by atoms with Crippen LogP contribution >= 0.6 is 0 Å².